The summed E-state index contributed by atoms with van der Waals surface area (Å²) in [6, 6.07) is 5.78. The topological polar surface area (TPSA) is 52.4 Å². The molecule has 1 atom stereocenters. The maximum Gasteiger partial charge on any atom is 0.213 e. The van der Waals surface area contributed by atoms with E-state index in [2.05, 4.69) is 28.1 Å². The molecular weight excluding hydrogens is 304 g/mol. The van der Waals surface area contributed by atoms with Gasteiger partial charge in [-0.25, -0.2) is 4.98 Å². The molecule has 0 saturated carbocycles. The molecule has 1 spiro atoms. The predicted octanol–water partition coefficient (Wildman–Crippen LogP) is 2.11. The van der Waals surface area contributed by atoms with E-state index in [1.165, 1.54) is 5.56 Å². The second kappa shape index (κ2) is 6.53. The molecule has 2 saturated heterocycles. The number of likely N-dealkylation sites (tertiary alicyclic amines) is 1. The molecule has 6 nitrogen and oxygen atoms in total. The lowest BCUT2D eigenvalue weighted by atomic mass is 9.84. The summed E-state index contributed by atoms with van der Waals surface area (Å²) in [5, 5.41) is 4.34. The van der Waals surface area contributed by atoms with Gasteiger partial charge in [0.1, 0.15) is 6.10 Å². The lowest BCUT2D eigenvalue weighted by molar-refractivity contribution is -0.188. The third-order valence-corrected chi connectivity index (χ3v) is 4.81. The van der Waals surface area contributed by atoms with Crippen molar-refractivity contribution in [3.63, 3.8) is 0 Å². The van der Waals surface area contributed by atoms with Crippen LogP contribution < -0.4 is 4.74 Å². The molecule has 0 aliphatic carbocycles. The summed E-state index contributed by atoms with van der Waals surface area (Å²) < 4.78 is 14.1. The van der Waals surface area contributed by atoms with E-state index in [1.807, 2.05) is 29.1 Å². The molecule has 0 aromatic carbocycles. The lowest BCUT2D eigenvalue weighted by Crippen LogP contribution is -2.65. The van der Waals surface area contributed by atoms with Crippen LogP contribution in [-0.4, -0.2) is 51.1 Å². The lowest BCUT2D eigenvalue weighted by Gasteiger charge is -2.53. The van der Waals surface area contributed by atoms with Crippen molar-refractivity contribution in [2.45, 2.75) is 44.6 Å². The molecule has 2 aromatic rings. The number of ether oxygens (including phenoxy) is 2. The Morgan fingerprint density at radius 2 is 2.29 bits per heavy atom. The third kappa shape index (κ3) is 3.30. The molecule has 2 aromatic heterocycles. The van der Waals surface area contributed by atoms with E-state index in [4.69, 9.17) is 9.47 Å². The summed E-state index contributed by atoms with van der Waals surface area (Å²) in [5.74, 6) is 0.711. The van der Waals surface area contributed by atoms with E-state index in [-0.39, 0.29) is 11.7 Å². The summed E-state index contributed by atoms with van der Waals surface area (Å²) in [4.78, 5) is 6.68. The summed E-state index contributed by atoms with van der Waals surface area (Å²) in [7, 11) is 0. The molecule has 2 fully saturated rings. The molecule has 0 bridgehead atoms. The van der Waals surface area contributed by atoms with Gasteiger partial charge in [-0.15, -0.1) is 0 Å². The molecule has 0 radical (unpaired) electrons. The Bertz CT molecular complexity index is 667. The van der Waals surface area contributed by atoms with E-state index < -0.39 is 0 Å². The van der Waals surface area contributed by atoms with Gasteiger partial charge in [-0.3, -0.25) is 9.58 Å². The minimum Gasteiger partial charge on any atom is -0.474 e. The summed E-state index contributed by atoms with van der Waals surface area (Å²) in [5.41, 5.74) is 1.22. The second-order valence-electron chi connectivity index (χ2n) is 6.78. The van der Waals surface area contributed by atoms with E-state index >= 15 is 0 Å². The fourth-order valence-electron chi connectivity index (χ4n) is 3.69. The van der Waals surface area contributed by atoms with Gasteiger partial charge in [0.25, 0.3) is 0 Å². The highest BCUT2D eigenvalue weighted by molar-refractivity contribution is 5.12. The quantitative estimate of drug-likeness (QED) is 0.841. The van der Waals surface area contributed by atoms with Gasteiger partial charge in [0.2, 0.25) is 5.88 Å². The highest BCUT2D eigenvalue weighted by Gasteiger charge is 2.48. The van der Waals surface area contributed by atoms with Crippen LogP contribution in [0.15, 0.2) is 36.8 Å². The van der Waals surface area contributed by atoms with Gasteiger partial charge in [0.05, 0.1) is 18.4 Å². The van der Waals surface area contributed by atoms with E-state index in [0.717, 1.165) is 45.6 Å². The average molecular weight is 328 g/mol. The van der Waals surface area contributed by atoms with Gasteiger partial charge in [-0.2, -0.15) is 5.10 Å². The normalized spacial score (nSPS) is 23.1. The van der Waals surface area contributed by atoms with Crippen molar-refractivity contribution < 1.29 is 9.47 Å². The van der Waals surface area contributed by atoms with Gasteiger partial charge in [0, 0.05) is 63.0 Å². The van der Waals surface area contributed by atoms with Crippen LogP contribution in [0.4, 0.5) is 0 Å². The first-order valence-corrected chi connectivity index (χ1v) is 8.70. The van der Waals surface area contributed by atoms with Crippen molar-refractivity contribution >= 4 is 0 Å². The standard InChI is InChI=1S/C18H24N4O2/c1-2-22-12-15(10-20-22)11-21-13-18(14-21)9-16(6-8-23-18)24-17-5-3-4-7-19-17/h3-5,7,10,12,16H,2,6,8-9,11,13-14H2,1H3/t16-/m1/s1. The van der Waals surface area contributed by atoms with E-state index in [9.17, 15) is 0 Å². The van der Waals surface area contributed by atoms with Crippen LogP contribution in [-0.2, 0) is 17.8 Å². The number of hydrogen-bond donors (Lipinski definition) is 0. The van der Waals surface area contributed by atoms with Crippen LogP contribution in [0.1, 0.15) is 25.3 Å². The van der Waals surface area contributed by atoms with Crippen LogP contribution in [0, 0.1) is 0 Å². The monoisotopic (exact) mass is 328 g/mol. The Kier molecular flexibility index (Phi) is 4.24. The minimum atomic E-state index is -0.0432. The Morgan fingerprint density at radius 3 is 3.04 bits per heavy atom. The molecule has 0 N–H and O–H groups in total. The molecule has 4 rings (SSSR count). The summed E-state index contributed by atoms with van der Waals surface area (Å²) in [6.07, 6.45) is 7.92. The number of hydrogen-bond acceptors (Lipinski definition) is 5. The van der Waals surface area contributed by atoms with Crippen molar-refractivity contribution in [1.82, 2.24) is 19.7 Å². The Morgan fingerprint density at radius 1 is 1.38 bits per heavy atom. The maximum atomic E-state index is 6.10. The van der Waals surface area contributed by atoms with Crippen molar-refractivity contribution in [2.75, 3.05) is 19.7 Å². The molecule has 24 heavy (non-hydrogen) atoms. The molecule has 4 heterocycles. The highest BCUT2D eigenvalue weighted by atomic mass is 16.5. The number of pyridine rings is 1. The van der Waals surface area contributed by atoms with Gasteiger partial charge < -0.3 is 9.47 Å². The molecular formula is C18H24N4O2. The summed E-state index contributed by atoms with van der Waals surface area (Å²) >= 11 is 0. The summed E-state index contributed by atoms with van der Waals surface area (Å²) in [6.45, 7) is 6.65. The smallest absolute Gasteiger partial charge is 0.213 e. The molecule has 128 valence electrons. The third-order valence-electron chi connectivity index (χ3n) is 4.81. The van der Waals surface area contributed by atoms with Gasteiger partial charge in [-0.1, -0.05) is 6.07 Å². The zero-order valence-electron chi connectivity index (χ0n) is 14.1. The fourth-order valence-corrected chi connectivity index (χ4v) is 3.69. The molecule has 2 aliphatic heterocycles. The van der Waals surface area contributed by atoms with Crippen LogP contribution >= 0.6 is 0 Å². The Hall–Kier alpha value is -1.92. The van der Waals surface area contributed by atoms with Crippen molar-refractivity contribution in [1.29, 1.82) is 0 Å². The number of aryl methyl sites for hydroxylation is 1. The maximum absolute atomic E-state index is 6.10. The Labute approximate surface area is 142 Å². The van der Waals surface area contributed by atoms with E-state index in [0.29, 0.717) is 5.88 Å². The first kappa shape index (κ1) is 15.6. The van der Waals surface area contributed by atoms with Gasteiger partial charge in [0.15, 0.2) is 0 Å². The van der Waals surface area contributed by atoms with Crippen molar-refractivity contribution in [3.05, 3.63) is 42.4 Å². The van der Waals surface area contributed by atoms with Crippen molar-refractivity contribution in [3.8, 4) is 5.88 Å². The molecule has 0 unspecified atom stereocenters. The zero-order valence-corrected chi connectivity index (χ0v) is 14.1. The SMILES string of the molecule is CCn1cc(CN2CC3(C[C@H](Oc4ccccn4)CCO3)C2)cn1. The highest BCUT2D eigenvalue weighted by Crippen LogP contribution is 2.36. The largest absolute Gasteiger partial charge is 0.474 e. The van der Waals surface area contributed by atoms with Gasteiger partial charge >= 0.3 is 0 Å². The van der Waals surface area contributed by atoms with Crippen molar-refractivity contribution in [2.24, 2.45) is 0 Å². The Balaban J connectivity index is 1.30. The second-order valence-corrected chi connectivity index (χ2v) is 6.78. The fraction of sp³-hybridized carbons (Fsp3) is 0.556. The molecule has 2 aliphatic rings. The average Bonchev–Trinajstić information content (AvgIpc) is 3.02. The van der Waals surface area contributed by atoms with E-state index in [1.54, 1.807) is 6.20 Å². The van der Waals surface area contributed by atoms with Crippen LogP contribution in [0.25, 0.3) is 0 Å². The van der Waals surface area contributed by atoms with Crippen LogP contribution in [0.3, 0.4) is 0 Å². The molecule has 0 amide bonds. The minimum absolute atomic E-state index is 0.0432. The zero-order chi connectivity index (χ0) is 16.4. The number of aromatic nitrogens is 3. The van der Waals surface area contributed by atoms with Crippen LogP contribution in [0.5, 0.6) is 5.88 Å². The first-order valence-electron chi connectivity index (χ1n) is 8.70. The first-order chi connectivity index (χ1) is 11.7. The predicted molar refractivity (Wildman–Crippen MR) is 89.7 cm³/mol. The molecule has 6 heteroatoms. The van der Waals surface area contributed by atoms with Gasteiger partial charge in [-0.05, 0) is 13.0 Å². The number of nitrogens with zero attached hydrogens (tertiary/aromatic N) is 4. The number of rotatable bonds is 5. The van der Waals surface area contributed by atoms with Crippen LogP contribution in [0.2, 0.25) is 0 Å².